The Morgan fingerprint density at radius 3 is 2.15 bits per heavy atom. The summed E-state index contributed by atoms with van der Waals surface area (Å²) in [5.74, 6) is 2.08. The highest BCUT2D eigenvalue weighted by atomic mass is 14.5. The van der Waals surface area contributed by atoms with Crippen LogP contribution < -0.4 is 5.73 Å². The Hall–Kier alpha value is -0.0400. The quantitative estimate of drug-likeness (QED) is 0.650. The van der Waals surface area contributed by atoms with Crippen LogP contribution in [0.25, 0.3) is 0 Å². The van der Waals surface area contributed by atoms with Crippen LogP contribution in [0.2, 0.25) is 0 Å². The topological polar surface area (TPSA) is 26.0 Å². The lowest BCUT2D eigenvalue weighted by Crippen LogP contribution is -2.14. The molecule has 1 aliphatic rings. The Morgan fingerprint density at radius 1 is 1.00 bits per heavy atom. The Balaban J connectivity index is 2.03. The molecule has 0 amide bonds. The molecule has 78 valence electrons. The van der Waals surface area contributed by atoms with Crippen molar-refractivity contribution in [2.45, 2.75) is 58.3 Å². The molecule has 0 heterocycles. The standard InChI is InChI=1S/C12H25N/c1-2-11-6-8-12(9-7-11)5-3-4-10-13/h11-12H,2-10,13H2,1H3. The minimum atomic E-state index is 0.879. The van der Waals surface area contributed by atoms with Crippen molar-refractivity contribution in [3.05, 3.63) is 0 Å². The SMILES string of the molecule is CCC1CCC(CCCCN)CC1. The molecule has 1 rings (SSSR count). The van der Waals surface area contributed by atoms with Crippen molar-refractivity contribution in [3.8, 4) is 0 Å². The Bertz CT molecular complexity index is 112. The molecule has 2 N–H and O–H groups in total. The molecule has 1 fully saturated rings. The number of nitrogens with two attached hydrogens (primary N) is 1. The summed E-state index contributed by atoms with van der Waals surface area (Å²) in [4.78, 5) is 0. The zero-order valence-corrected chi connectivity index (χ0v) is 9.10. The summed E-state index contributed by atoms with van der Waals surface area (Å²) in [5, 5.41) is 0. The average molecular weight is 183 g/mol. The molecule has 0 spiro atoms. The molecule has 1 saturated carbocycles. The average Bonchev–Trinajstić information content (AvgIpc) is 2.19. The highest BCUT2D eigenvalue weighted by Gasteiger charge is 2.18. The van der Waals surface area contributed by atoms with E-state index >= 15 is 0 Å². The van der Waals surface area contributed by atoms with Crippen molar-refractivity contribution in [1.82, 2.24) is 0 Å². The van der Waals surface area contributed by atoms with Crippen molar-refractivity contribution in [2.75, 3.05) is 6.54 Å². The van der Waals surface area contributed by atoms with Gasteiger partial charge in [0.1, 0.15) is 0 Å². The maximum Gasteiger partial charge on any atom is -0.00773 e. The summed E-state index contributed by atoms with van der Waals surface area (Å²) >= 11 is 0. The molecule has 0 saturated heterocycles. The Kier molecular flexibility index (Phi) is 5.45. The van der Waals surface area contributed by atoms with Crippen molar-refractivity contribution in [2.24, 2.45) is 17.6 Å². The fourth-order valence-corrected chi connectivity index (χ4v) is 2.51. The smallest absolute Gasteiger partial charge is 0.00773 e. The van der Waals surface area contributed by atoms with Gasteiger partial charge in [0.25, 0.3) is 0 Å². The van der Waals surface area contributed by atoms with Gasteiger partial charge in [-0.2, -0.15) is 0 Å². The van der Waals surface area contributed by atoms with Crippen LogP contribution in [-0.4, -0.2) is 6.54 Å². The first-order chi connectivity index (χ1) is 6.36. The molecule has 0 radical (unpaired) electrons. The molecule has 0 bridgehead atoms. The lowest BCUT2D eigenvalue weighted by molar-refractivity contribution is 0.254. The van der Waals surface area contributed by atoms with Crippen LogP contribution in [0.4, 0.5) is 0 Å². The van der Waals surface area contributed by atoms with Crippen molar-refractivity contribution < 1.29 is 0 Å². The molecular formula is C12H25N. The summed E-state index contributed by atoms with van der Waals surface area (Å²) in [7, 11) is 0. The first kappa shape index (κ1) is 11.0. The predicted molar refractivity (Wildman–Crippen MR) is 58.6 cm³/mol. The zero-order valence-electron chi connectivity index (χ0n) is 9.10. The van der Waals surface area contributed by atoms with Crippen molar-refractivity contribution in [1.29, 1.82) is 0 Å². The van der Waals surface area contributed by atoms with Gasteiger partial charge in [-0.05, 0) is 24.8 Å². The van der Waals surface area contributed by atoms with E-state index in [2.05, 4.69) is 6.92 Å². The van der Waals surface area contributed by atoms with E-state index in [1.54, 1.807) is 0 Å². The fraction of sp³-hybridized carbons (Fsp3) is 1.00. The highest BCUT2D eigenvalue weighted by molar-refractivity contribution is 4.71. The fourth-order valence-electron chi connectivity index (χ4n) is 2.51. The van der Waals surface area contributed by atoms with Crippen LogP contribution in [0.1, 0.15) is 58.3 Å². The molecule has 13 heavy (non-hydrogen) atoms. The van der Waals surface area contributed by atoms with E-state index in [0.717, 1.165) is 18.4 Å². The van der Waals surface area contributed by atoms with Crippen LogP contribution in [0.5, 0.6) is 0 Å². The third kappa shape index (κ3) is 4.12. The van der Waals surface area contributed by atoms with E-state index < -0.39 is 0 Å². The molecule has 1 heteroatoms. The molecule has 0 aromatic heterocycles. The van der Waals surface area contributed by atoms with Crippen LogP contribution in [0.15, 0.2) is 0 Å². The first-order valence-corrected chi connectivity index (χ1v) is 6.06. The molecule has 0 aromatic rings. The minimum Gasteiger partial charge on any atom is -0.330 e. The second kappa shape index (κ2) is 6.42. The Morgan fingerprint density at radius 2 is 1.62 bits per heavy atom. The Labute approximate surface area is 83.1 Å². The van der Waals surface area contributed by atoms with E-state index in [-0.39, 0.29) is 0 Å². The zero-order chi connectivity index (χ0) is 9.52. The normalized spacial score (nSPS) is 29.1. The molecule has 0 unspecified atom stereocenters. The van der Waals surface area contributed by atoms with E-state index in [9.17, 15) is 0 Å². The molecule has 0 aromatic carbocycles. The summed E-state index contributed by atoms with van der Waals surface area (Å²) in [6, 6.07) is 0. The van der Waals surface area contributed by atoms with Gasteiger partial charge in [0.2, 0.25) is 0 Å². The number of rotatable bonds is 5. The van der Waals surface area contributed by atoms with Crippen LogP contribution in [0, 0.1) is 11.8 Å². The maximum absolute atomic E-state index is 5.49. The summed E-state index contributed by atoms with van der Waals surface area (Å²) < 4.78 is 0. The van der Waals surface area contributed by atoms with Gasteiger partial charge in [0, 0.05) is 0 Å². The van der Waals surface area contributed by atoms with Crippen molar-refractivity contribution in [3.63, 3.8) is 0 Å². The van der Waals surface area contributed by atoms with E-state index in [0.29, 0.717) is 0 Å². The summed E-state index contributed by atoms with van der Waals surface area (Å²) in [6.07, 6.45) is 11.4. The van der Waals surface area contributed by atoms with E-state index in [1.165, 1.54) is 51.4 Å². The lowest BCUT2D eigenvalue weighted by atomic mass is 9.79. The molecular weight excluding hydrogens is 158 g/mol. The maximum atomic E-state index is 5.49. The highest BCUT2D eigenvalue weighted by Crippen LogP contribution is 2.33. The number of hydrogen-bond donors (Lipinski definition) is 1. The van der Waals surface area contributed by atoms with Crippen LogP contribution in [-0.2, 0) is 0 Å². The molecule has 0 aliphatic heterocycles. The molecule has 1 nitrogen and oxygen atoms in total. The lowest BCUT2D eigenvalue weighted by Gasteiger charge is -2.27. The van der Waals surface area contributed by atoms with Gasteiger partial charge >= 0.3 is 0 Å². The van der Waals surface area contributed by atoms with Gasteiger partial charge in [0.15, 0.2) is 0 Å². The van der Waals surface area contributed by atoms with Gasteiger partial charge in [0.05, 0.1) is 0 Å². The van der Waals surface area contributed by atoms with E-state index in [1.807, 2.05) is 0 Å². The molecule has 0 atom stereocenters. The van der Waals surface area contributed by atoms with Gasteiger partial charge in [-0.15, -0.1) is 0 Å². The van der Waals surface area contributed by atoms with Gasteiger partial charge < -0.3 is 5.73 Å². The number of hydrogen-bond acceptors (Lipinski definition) is 1. The second-order valence-electron chi connectivity index (χ2n) is 4.58. The van der Waals surface area contributed by atoms with Gasteiger partial charge in [-0.3, -0.25) is 0 Å². The van der Waals surface area contributed by atoms with Crippen LogP contribution >= 0.6 is 0 Å². The third-order valence-electron chi connectivity index (χ3n) is 3.61. The van der Waals surface area contributed by atoms with Gasteiger partial charge in [-0.25, -0.2) is 0 Å². The second-order valence-corrected chi connectivity index (χ2v) is 4.58. The van der Waals surface area contributed by atoms with Gasteiger partial charge in [-0.1, -0.05) is 51.9 Å². The first-order valence-electron chi connectivity index (χ1n) is 6.06. The van der Waals surface area contributed by atoms with E-state index in [4.69, 9.17) is 5.73 Å². The summed E-state index contributed by atoms with van der Waals surface area (Å²) in [5.41, 5.74) is 5.49. The monoisotopic (exact) mass is 183 g/mol. The van der Waals surface area contributed by atoms with Crippen LogP contribution in [0.3, 0.4) is 0 Å². The minimum absolute atomic E-state index is 0.879. The van der Waals surface area contributed by atoms with Crippen molar-refractivity contribution >= 4 is 0 Å². The largest absolute Gasteiger partial charge is 0.330 e. The molecule has 1 aliphatic carbocycles. The number of unbranched alkanes of at least 4 members (excludes halogenated alkanes) is 1. The summed E-state index contributed by atoms with van der Waals surface area (Å²) in [6.45, 7) is 3.21. The predicted octanol–water partition coefficient (Wildman–Crippen LogP) is 3.33. The third-order valence-corrected chi connectivity index (χ3v) is 3.61.